The highest BCUT2D eigenvalue weighted by Crippen LogP contribution is 2.21. The Balaban J connectivity index is 1.81. The molecule has 0 radical (unpaired) electrons. The van der Waals surface area contributed by atoms with Crippen LogP contribution in [0.1, 0.15) is 17.0 Å². The molecule has 2 aromatic carbocycles. The Hall–Kier alpha value is -2.34. The fourth-order valence-electron chi connectivity index (χ4n) is 2.23. The van der Waals surface area contributed by atoms with Crippen LogP contribution in [0.2, 0.25) is 0 Å². The summed E-state index contributed by atoms with van der Waals surface area (Å²) in [4.78, 5) is 4.20. The van der Waals surface area contributed by atoms with Crippen LogP contribution >= 0.6 is 0 Å². The number of benzene rings is 2. The SMILES string of the molecule is Cc1ccc(CS(=O)(=O)Nc2ccc3oc(C)nc3c2)cc1. The van der Waals surface area contributed by atoms with Crippen LogP contribution in [0, 0.1) is 13.8 Å². The van der Waals surface area contributed by atoms with E-state index in [1.807, 2.05) is 31.2 Å². The third-order valence-corrected chi connectivity index (χ3v) is 4.51. The molecule has 0 atom stereocenters. The lowest BCUT2D eigenvalue weighted by Crippen LogP contribution is -2.15. The van der Waals surface area contributed by atoms with Gasteiger partial charge in [0.05, 0.1) is 11.4 Å². The Morgan fingerprint density at radius 2 is 1.82 bits per heavy atom. The van der Waals surface area contributed by atoms with Gasteiger partial charge in [-0.2, -0.15) is 0 Å². The highest BCUT2D eigenvalue weighted by molar-refractivity contribution is 7.91. The molecule has 6 heteroatoms. The lowest BCUT2D eigenvalue weighted by atomic mass is 10.2. The van der Waals surface area contributed by atoms with E-state index in [0.717, 1.165) is 11.1 Å². The number of oxazole rings is 1. The quantitative estimate of drug-likeness (QED) is 0.801. The molecule has 0 aliphatic rings. The molecular formula is C16H16N2O3S. The minimum absolute atomic E-state index is 0.0663. The number of rotatable bonds is 4. The summed E-state index contributed by atoms with van der Waals surface area (Å²) >= 11 is 0. The van der Waals surface area contributed by atoms with Gasteiger partial charge in [0, 0.05) is 6.92 Å². The maximum absolute atomic E-state index is 12.2. The van der Waals surface area contributed by atoms with Crippen molar-refractivity contribution in [2.45, 2.75) is 19.6 Å². The largest absolute Gasteiger partial charge is 0.441 e. The van der Waals surface area contributed by atoms with Gasteiger partial charge in [0.15, 0.2) is 11.5 Å². The minimum atomic E-state index is -3.47. The first-order chi connectivity index (χ1) is 10.4. The van der Waals surface area contributed by atoms with Gasteiger partial charge < -0.3 is 4.42 Å². The third-order valence-electron chi connectivity index (χ3n) is 3.25. The van der Waals surface area contributed by atoms with Crippen molar-refractivity contribution >= 4 is 26.8 Å². The summed E-state index contributed by atoms with van der Waals surface area (Å²) in [6.45, 7) is 3.72. The smallest absolute Gasteiger partial charge is 0.236 e. The van der Waals surface area contributed by atoms with Gasteiger partial charge in [-0.15, -0.1) is 0 Å². The summed E-state index contributed by atoms with van der Waals surface area (Å²) < 4.78 is 32.4. The first-order valence-electron chi connectivity index (χ1n) is 6.84. The zero-order chi connectivity index (χ0) is 15.7. The highest BCUT2D eigenvalue weighted by atomic mass is 32.2. The molecule has 0 unspecified atom stereocenters. The minimum Gasteiger partial charge on any atom is -0.441 e. The first-order valence-corrected chi connectivity index (χ1v) is 8.50. The van der Waals surface area contributed by atoms with Crippen LogP contribution in [-0.2, 0) is 15.8 Å². The Kier molecular flexibility index (Phi) is 3.62. The molecule has 114 valence electrons. The zero-order valence-electron chi connectivity index (χ0n) is 12.3. The number of nitrogens with zero attached hydrogens (tertiary/aromatic N) is 1. The first kappa shape index (κ1) is 14.6. The second-order valence-corrected chi connectivity index (χ2v) is 6.98. The maximum Gasteiger partial charge on any atom is 0.236 e. The van der Waals surface area contributed by atoms with Crippen molar-refractivity contribution in [1.29, 1.82) is 0 Å². The molecule has 3 aromatic rings. The van der Waals surface area contributed by atoms with Gasteiger partial charge >= 0.3 is 0 Å². The van der Waals surface area contributed by atoms with Gasteiger partial charge in [-0.05, 0) is 30.7 Å². The molecule has 0 saturated carbocycles. The molecule has 1 N–H and O–H groups in total. The van der Waals surface area contributed by atoms with Gasteiger partial charge in [-0.1, -0.05) is 29.8 Å². The molecule has 5 nitrogen and oxygen atoms in total. The molecule has 0 amide bonds. The van der Waals surface area contributed by atoms with Crippen LogP contribution < -0.4 is 4.72 Å². The van der Waals surface area contributed by atoms with Crippen LogP contribution in [0.15, 0.2) is 46.9 Å². The molecule has 0 aliphatic heterocycles. The molecule has 0 fully saturated rings. The van der Waals surface area contributed by atoms with Crippen molar-refractivity contribution in [3.63, 3.8) is 0 Å². The number of fused-ring (bicyclic) bond motifs is 1. The molecule has 0 bridgehead atoms. The van der Waals surface area contributed by atoms with E-state index in [0.29, 0.717) is 22.7 Å². The van der Waals surface area contributed by atoms with Crippen molar-refractivity contribution in [3.8, 4) is 0 Å². The van der Waals surface area contributed by atoms with Crippen molar-refractivity contribution in [3.05, 3.63) is 59.5 Å². The molecule has 1 heterocycles. The number of aromatic nitrogens is 1. The lowest BCUT2D eigenvalue weighted by Gasteiger charge is -2.08. The summed E-state index contributed by atoms with van der Waals surface area (Å²) in [6, 6.07) is 12.5. The Bertz CT molecular complexity index is 912. The fourth-order valence-corrected chi connectivity index (χ4v) is 3.42. The predicted octanol–water partition coefficient (Wildman–Crippen LogP) is 3.39. The fraction of sp³-hybridized carbons (Fsp3) is 0.188. The van der Waals surface area contributed by atoms with Crippen LogP contribution in [0.4, 0.5) is 5.69 Å². The average Bonchev–Trinajstić information content (AvgIpc) is 2.80. The third kappa shape index (κ3) is 3.28. The standard InChI is InChI=1S/C16H16N2O3S/c1-11-3-5-13(6-4-11)10-22(19,20)18-14-7-8-16-15(9-14)17-12(2)21-16/h3-9,18H,10H2,1-2H3. The topological polar surface area (TPSA) is 72.2 Å². The van der Waals surface area contributed by atoms with E-state index < -0.39 is 10.0 Å². The van der Waals surface area contributed by atoms with E-state index in [9.17, 15) is 8.42 Å². The summed E-state index contributed by atoms with van der Waals surface area (Å²) in [5.41, 5.74) is 3.59. The predicted molar refractivity (Wildman–Crippen MR) is 86.2 cm³/mol. The average molecular weight is 316 g/mol. The molecule has 22 heavy (non-hydrogen) atoms. The maximum atomic E-state index is 12.2. The Labute approximate surface area is 129 Å². The summed E-state index contributed by atoms with van der Waals surface area (Å²) in [6.07, 6.45) is 0. The molecule has 0 aliphatic carbocycles. The second-order valence-electron chi connectivity index (χ2n) is 5.26. The van der Waals surface area contributed by atoms with Crippen molar-refractivity contribution in [2.75, 3.05) is 4.72 Å². The second kappa shape index (κ2) is 5.46. The van der Waals surface area contributed by atoms with Crippen LogP contribution in [0.5, 0.6) is 0 Å². The van der Waals surface area contributed by atoms with E-state index in [4.69, 9.17) is 4.42 Å². The highest BCUT2D eigenvalue weighted by Gasteiger charge is 2.13. The monoisotopic (exact) mass is 316 g/mol. The number of hydrogen-bond acceptors (Lipinski definition) is 4. The van der Waals surface area contributed by atoms with Gasteiger partial charge in [0.1, 0.15) is 5.52 Å². The van der Waals surface area contributed by atoms with Gasteiger partial charge in [-0.3, -0.25) is 4.72 Å². The van der Waals surface area contributed by atoms with Gasteiger partial charge in [0.2, 0.25) is 10.0 Å². The Morgan fingerprint density at radius 3 is 2.55 bits per heavy atom. The normalized spacial score (nSPS) is 11.7. The van der Waals surface area contributed by atoms with E-state index in [1.165, 1.54) is 0 Å². The van der Waals surface area contributed by atoms with Crippen molar-refractivity contribution in [1.82, 2.24) is 4.98 Å². The number of anilines is 1. The van der Waals surface area contributed by atoms with Gasteiger partial charge in [0.25, 0.3) is 0 Å². The van der Waals surface area contributed by atoms with E-state index in [-0.39, 0.29) is 5.75 Å². The van der Waals surface area contributed by atoms with Crippen molar-refractivity contribution in [2.24, 2.45) is 0 Å². The van der Waals surface area contributed by atoms with Crippen molar-refractivity contribution < 1.29 is 12.8 Å². The molecule has 3 rings (SSSR count). The number of sulfonamides is 1. The Morgan fingerprint density at radius 1 is 1.09 bits per heavy atom. The molecule has 1 aromatic heterocycles. The number of aryl methyl sites for hydroxylation is 2. The van der Waals surface area contributed by atoms with Crippen LogP contribution in [-0.4, -0.2) is 13.4 Å². The van der Waals surface area contributed by atoms with Gasteiger partial charge in [-0.25, -0.2) is 13.4 Å². The van der Waals surface area contributed by atoms with E-state index in [1.54, 1.807) is 25.1 Å². The zero-order valence-corrected chi connectivity index (χ0v) is 13.1. The summed E-state index contributed by atoms with van der Waals surface area (Å²) in [5.74, 6) is 0.484. The lowest BCUT2D eigenvalue weighted by molar-refractivity contribution is 0.561. The van der Waals surface area contributed by atoms with Crippen LogP contribution in [0.25, 0.3) is 11.1 Å². The van der Waals surface area contributed by atoms with E-state index in [2.05, 4.69) is 9.71 Å². The molecular weight excluding hydrogens is 300 g/mol. The molecule has 0 spiro atoms. The summed E-state index contributed by atoms with van der Waals surface area (Å²) in [7, 11) is -3.47. The van der Waals surface area contributed by atoms with Crippen LogP contribution in [0.3, 0.4) is 0 Å². The number of hydrogen-bond donors (Lipinski definition) is 1. The van der Waals surface area contributed by atoms with E-state index >= 15 is 0 Å². The summed E-state index contributed by atoms with van der Waals surface area (Å²) in [5, 5.41) is 0. The molecule has 0 saturated heterocycles. The number of nitrogens with one attached hydrogen (secondary N) is 1.